The molecule has 15 heavy (non-hydrogen) atoms. The van der Waals surface area contributed by atoms with Crippen molar-refractivity contribution in [3.8, 4) is 0 Å². The third-order valence-corrected chi connectivity index (χ3v) is 2.41. The lowest BCUT2D eigenvalue weighted by molar-refractivity contribution is -0.136. The van der Waals surface area contributed by atoms with Gasteiger partial charge in [0.1, 0.15) is 11.5 Å². The number of Topliss-reactive ketones (excluding diaryl/α,β-unsaturated/α-hetero) is 1. The molecule has 0 bridgehead atoms. The summed E-state index contributed by atoms with van der Waals surface area (Å²) in [7, 11) is 0. The summed E-state index contributed by atoms with van der Waals surface area (Å²) < 4.78 is 4.86. The van der Waals surface area contributed by atoms with Gasteiger partial charge in [-0.3, -0.25) is 9.59 Å². The number of esters is 1. The van der Waals surface area contributed by atoms with Gasteiger partial charge in [0.15, 0.2) is 0 Å². The van der Waals surface area contributed by atoms with E-state index in [9.17, 15) is 9.59 Å². The van der Waals surface area contributed by atoms with Crippen LogP contribution in [0.3, 0.4) is 0 Å². The number of rotatable bonds is 3. The SMILES string of the molecule is CC(=O)OC(C)=CCC1C=CC(C)C1=O. The Kier molecular flexibility index (Phi) is 3.83. The quantitative estimate of drug-likeness (QED) is 0.406. The zero-order valence-corrected chi connectivity index (χ0v) is 9.32. The molecule has 0 saturated carbocycles. The monoisotopic (exact) mass is 208 g/mol. The Morgan fingerprint density at radius 2 is 2.13 bits per heavy atom. The molecule has 2 unspecified atom stereocenters. The van der Waals surface area contributed by atoms with Crippen LogP contribution >= 0.6 is 0 Å². The number of hydrogen-bond acceptors (Lipinski definition) is 3. The summed E-state index contributed by atoms with van der Waals surface area (Å²) in [6.45, 7) is 4.97. The largest absolute Gasteiger partial charge is 0.432 e. The van der Waals surface area contributed by atoms with E-state index in [0.29, 0.717) is 12.2 Å². The Balaban J connectivity index is 2.47. The second-order valence-electron chi connectivity index (χ2n) is 3.83. The van der Waals surface area contributed by atoms with Gasteiger partial charge < -0.3 is 4.74 Å². The third-order valence-electron chi connectivity index (χ3n) is 2.41. The highest BCUT2D eigenvalue weighted by Crippen LogP contribution is 2.22. The minimum atomic E-state index is -0.328. The van der Waals surface area contributed by atoms with E-state index in [-0.39, 0.29) is 23.6 Å². The molecule has 82 valence electrons. The smallest absolute Gasteiger partial charge is 0.307 e. The minimum Gasteiger partial charge on any atom is -0.432 e. The van der Waals surface area contributed by atoms with Crippen LogP contribution in [-0.2, 0) is 14.3 Å². The first kappa shape index (κ1) is 11.7. The van der Waals surface area contributed by atoms with Gasteiger partial charge in [0.05, 0.1) is 0 Å². The Labute approximate surface area is 89.8 Å². The highest BCUT2D eigenvalue weighted by atomic mass is 16.5. The van der Waals surface area contributed by atoms with E-state index in [2.05, 4.69) is 0 Å². The molecule has 0 aromatic carbocycles. The average molecular weight is 208 g/mol. The topological polar surface area (TPSA) is 43.4 Å². The first-order valence-electron chi connectivity index (χ1n) is 5.08. The number of ketones is 1. The van der Waals surface area contributed by atoms with Crippen molar-refractivity contribution in [1.82, 2.24) is 0 Å². The molecule has 0 radical (unpaired) electrons. The van der Waals surface area contributed by atoms with Crippen LogP contribution in [0.4, 0.5) is 0 Å². The molecule has 3 nitrogen and oxygen atoms in total. The van der Waals surface area contributed by atoms with Crippen molar-refractivity contribution >= 4 is 11.8 Å². The molecule has 0 amide bonds. The third kappa shape index (κ3) is 3.35. The fraction of sp³-hybridized carbons (Fsp3) is 0.500. The lowest BCUT2D eigenvalue weighted by Gasteiger charge is -2.06. The maximum absolute atomic E-state index is 11.5. The maximum Gasteiger partial charge on any atom is 0.307 e. The Hall–Kier alpha value is -1.38. The fourth-order valence-corrected chi connectivity index (χ4v) is 1.58. The number of carbonyl (C=O) groups excluding carboxylic acids is 2. The van der Waals surface area contributed by atoms with Gasteiger partial charge in [0.2, 0.25) is 0 Å². The van der Waals surface area contributed by atoms with E-state index in [1.807, 2.05) is 19.1 Å². The first-order chi connectivity index (χ1) is 7.00. The van der Waals surface area contributed by atoms with Crippen molar-refractivity contribution < 1.29 is 14.3 Å². The highest BCUT2D eigenvalue weighted by Gasteiger charge is 2.24. The van der Waals surface area contributed by atoms with Crippen molar-refractivity contribution in [3.05, 3.63) is 24.0 Å². The first-order valence-corrected chi connectivity index (χ1v) is 5.08. The van der Waals surface area contributed by atoms with Crippen molar-refractivity contribution in [2.75, 3.05) is 0 Å². The predicted molar refractivity (Wildman–Crippen MR) is 56.9 cm³/mol. The molecular weight excluding hydrogens is 192 g/mol. The molecule has 0 saturated heterocycles. The molecule has 0 aromatic heterocycles. The van der Waals surface area contributed by atoms with Crippen molar-refractivity contribution in [1.29, 1.82) is 0 Å². The van der Waals surface area contributed by atoms with Crippen molar-refractivity contribution in [2.24, 2.45) is 11.8 Å². The summed E-state index contributed by atoms with van der Waals surface area (Å²) in [4.78, 5) is 22.2. The van der Waals surface area contributed by atoms with E-state index in [1.165, 1.54) is 6.92 Å². The highest BCUT2D eigenvalue weighted by molar-refractivity contribution is 5.89. The predicted octanol–water partition coefficient (Wildman–Crippen LogP) is 2.23. The zero-order valence-electron chi connectivity index (χ0n) is 9.32. The Bertz CT molecular complexity index is 326. The molecule has 0 aromatic rings. The molecule has 1 rings (SSSR count). The van der Waals surface area contributed by atoms with Crippen LogP contribution < -0.4 is 0 Å². The van der Waals surface area contributed by atoms with E-state index < -0.39 is 0 Å². The molecule has 0 heterocycles. The Morgan fingerprint density at radius 1 is 1.47 bits per heavy atom. The molecule has 0 fully saturated rings. The van der Waals surface area contributed by atoms with Gasteiger partial charge >= 0.3 is 5.97 Å². The van der Waals surface area contributed by atoms with Crippen molar-refractivity contribution in [2.45, 2.75) is 27.2 Å². The minimum absolute atomic E-state index is 0.0254. The summed E-state index contributed by atoms with van der Waals surface area (Å²) in [5.41, 5.74) is 0. The van der Waals surface area contributed by atoms with Crippen LogP contribution in [0.2, 0.25) is 0 Å². The van der Waals surface area contributed by atoms with Crippen LogP contribution in [0.5, 0.6) is 0 Å². The summed E-state index contributed by atoms with van der Waals surface area (Å²) in [5, 5.41) is 0. The number of allylic oxidation sites excluding steroid dienone is 4. The summed E-state index contributed by atoms with van der Waals surface area (Å²) >= 11 is 0. The van der Waals surface area contributed by atoms with Crippen LogP contribution in [-0.4, -0.2) is 11.8 Å². The van der Waals surface area contributed by atoms with Crippen LogP contribution in [0.15, 0.2) is 24.0 Å². The van der Waals surface area contributed by atoms with Gasteiger partial charge in [-0.05, 0) is 19.4 Å². The number of hydrogen-bond donors (Lipinski definition) is 0. The molecule has 1 aliphatic rings. The number of ether oxygens (including phenoxy) is 1. The maximum atomic E-state index is 11.5. The normalized spacial score (nSPS) is 25.8. The standard InChI is InChI=1S/C12H16O3/c1-8-4-6-11(12(8)14)7-5-9(2)15-10(3)13/h4-6,8,11H,7H2,1-3H3. The van der Waals surface area contributed by atoms with Gasteiger partial charge in [-0.25, -0.2) is 0 Å². The van der Waals surface area contributed by atoms with Gasteiger partial charge in [-0.1, -0.05) is 19.1 Å². The molecular formula is C12H16O3. The van der Waals surface area contributed by atoms with Gasteiger partial charge in [0, 0.05) is 18.8 Å². The molecule has 3 heteroatoms. The van der Waals surface area contributed by atoms with Gasteiger partial charge in [-0.2, -0.15) is 0 Å². The Morgan fingerprint density at radius 3 is 2.60 bits per heavy atom. The van der Waals surface area contributed by atoms with E-state index in [4.69, 9.17) is 4.74 Å². The van der Waals surface area contributed by atoms with E-state index >= 15 is 0 Å². The summed E-state index contributed by atoms with van der Waals surface area (Å²) in [6.07, 6.45) is 6.23. The zero-order chi connectivity index (χ0) is 11.4. The lowest BCUT2D eigenvalue weighted by Crippen LogP contribution is -2.12. The van der Waals surface area contributed by atoms with E-state index in [0.717, 1.165) is 0 Å². The molecule has 1 aliphatic carbocycles. The number of carbonyl (C=O) groups is 2. The molecule has 0 aliphatic heterocycles. The van der Waals surface area contributed by atoms with Gasteiger partial charge in [0.25, 0.3) is 0 Å². The second-order valence-corrected chi connectivity index (χ2v) is 3.83. The average Bonchev–Trinajstić information content (AvgIpc) is 2.44. The van der Waals surface area contributed by atoms with Gasteiger partial charge in [-0.15, -0.1) is 0 Å². The summed E-state index contributed by atoms with van der Waals surface area (Å²) in [5.74, 6) is 0.443. The van der Waals surface area contributed by atoms with Crippen LogP contribution in [0.25, 0.3) is 0 Å². The lowest BCUT2D eigenvalue weighted by atomic mass is 9.99. The summed E-state index contributed by atoms with van der Waals surface area (Å²) in [6, 6.07) is 0. The van der Waals surface area contributed by atoms with Crippen molar-refractivity contribution in [3.63, 3.8) is 0 Å². The van der Waals surface area contributed by atoms with Crippen LogP contribution in [0.1, 0.15) is 27.2 Å². The molecule has 0 spiro atoms. The molecule has 2 atom stereocenters. The van der Waals surface area contributed by atoms with E-state index in [1.54, 1.807) is 13.0 Å². The van der Waals surface area contributed by atoms with Crippen LogP contribution in [0, 0.1) is 11.8 Å². The molecule has 0 N–H and O–H groups in total. The second kappa shape index (κ2) is 4.91. The fourth-order valence-electron chi connectivity index (χ4n) is 1.58.